The van der Waals surface area contributed by atoms with Gasteiger partial charge in [0.15, 0.2) is 0 Å². The van der Waals surface area contributed by atoms with Crippen molar-refractivity contribution >= 4 is 32.2 Å². The molecule has 50 heavy (non-hydrogen) atoms. The van der Waals surface area contributed by atoms with E-state index in [9.17, 15) is 35.5 Å². The van der Waals surface area contributed by atoms with Crippen LogP contribution in [0.1, 0.15) is 169 Å². The topological polar surface area (TPSA) is 195 Å². The fourth-order valence-electron chi connectivity index (χ4n) is 5.89. The summed E-state index contributed by atoms with van der Waals surface area (Å²) in [6.07, 6.45) is 23.2. The second kappa shape index (κ2) is 36.6. The number of rotatable bonds is 32. The van der Waals surface area contributed by atoms with Crippen molar-refractivity contribution in [1.82, 2.24) is 9.80 Å². The first-order valence-corrected chi connectivity index (χ1v) is 21.4. The number of carbonyl (C=O) groups is 2. The molecule has 2 atom stereocenters. The van der Waals surface area contributed by atoms with E-state index in [2.05, 4.69) is 13.8 Å². The monoisotopic (exact) mass is 774 g/mol. The van der Waals surface area contributed by atoms with E-state index >= 15 is 0 Å². The minimum atomic E-state index is -4.51. The van der Waals surface area contributed by atoms with Crippen molar-refractivity contribution in [1.29, 1.82) is 0 Å². The third-order valence-electron chi connectivity index (χ3n) is 8.45. The molecule has 0 saturated carbocycles. The summed E-state index contributed by atoms with van der Waals surface area (Å²) >= 11 is 0. The molecule has 0 amide bonds. The Labute approximate surface area is 349 Å². The number of aliphatic carboxylic acids is 2. The molecule has 0 radical (unpaired) electrons. The van der Waals surface area contributed by atoms with Crippen LogP contribution in [-0.2, 0) is 29.8 Å². The summed E-state index contributed by atoms with van der Waals surface area (Å²) < 4.78 is 67.7. The summed E-state index contributed by atoms with van der Waals surface area (Å²) in [6, 6.07) is 0. The molecule has 16 heteroatoms. The zero-order valence-corrected chi connectivity index (χ0v) is 38.0. The number of nitrogens with zero attached hydrogens (tertiary/aromatic N) is 2. The Kier molecular flexibility index (Phi) is 42.1. The van der Waals surface area contributed by atoms with Crippen molar-refractivity contribution in [3.05, 3.63) is 0 Å². The molecule has 0 saturated heterocycles. The van der Waals surface area contributed by atoms with Gasteiger partial charge < -0.3 is 19.3 Å². The van der Waals surface area contributed by atoms with E-state index < -0.39 is 56.0 Å². The molecule has 0 fully saturated rings. The molecule has 0 bridgehead atoms. The molecule has 0 aliphatic heterocycles. The Morgan fingerprint density at radius 3 is 0.880 bits per heavy atom. The number of hydrogen-bond acceptors (Lipinski definition) is 10. The normalized spacial score (nSPS) is 12.8. The number of carboxylic acids is 2. The van der Waals surface area contributed by atoms with Crippen LogP contribution in [0.2, 0.25) is 0 Å². The third kappa shape index (κ3) is 34.4. The fourth-order valence-corrected chi connectivity index (χ4v) is 7.80. The average molecular weight is 775 g/mol. The summed E-state index contributed by atoms with van der Waals surface area (Å²) in [6.45, 7) is 7.45. The predicted molar refractivity (Wildman–Crippen MR) is 190 cm³/mol. The maximum Gasteiger partial charge on any atom is 1.00 e. The SMILES string of the molecule is CCCCCCCCCCCCN(CC(=O)O)C(CC)S(=O)(=O)[O-].CCCCCCCCCCCCN(CC(=O)O)C(CC)S(=O)(=O)[O-].[Na+].[Na+]. The van der Waals surface area contributed by atoms with Crippen LogP contribution in [0, 0.1) is 0 Å². The van der Waals surface area contributed by atoms with Crippen molar-refractivity contribution in [2.75, 3.05) is 26.2 Å². The molecule has 0 aromatic rings. The average Bonchev–Trinajstić information content (AvgIpc) is 2.98. The van der Waals surface area contributed by atoms with Crippen LogP contribution in [0.5, 0.6) is 0 Å². The van der Waals surface area contributed by atoms with Gasteiger partial charge in [0.25, 0.3) is 0 Å². The second-order valence-electron chi connectivity index (χ2n) is 12.8. The van der Waals surface area contributed by atoms with Crippen molar-refractivity contribution in [3.63, 3.8) is 0 Å². The Bertz CT molecular complexity index is 942. The summed E-state index contributed by atoms with van der Waals surface area (Å²) in [5.74, 6) is -2.21. The van der Waals surface area contributed by atoms with Gasteiger partial charge in [0.1, 0.15) is 31.0 Å². The maximum atomic E-state index is 11.3. The first-order chi connectivity index (χ1) is 22.6. The smallest absolute Gasteiger partial charge is 0.747 e. The van der Waals surface area contributed by atoms with Gasteiger partial charge >= 0.3 is 71.1 Å². The first-order valence-electron chi connectivity index (χ1n) is 18.5. The van der Waals surface area contributed by atoms with E-state index in [0.29, 0.717) is 13.1 Å². The van der Waals surface area contributed by atoms with Crippen LogP contribution in [0.25, 0.3) is 0 Å². The van der Waals surface area contributed by atoms with Gasteiger partial charge in [0, 0.05) is 0 Å². The van der Waals surface area contributed by atoms with Crippen LogP contribution in [0.4, 0.5) is 0 Å². The molecule has 0 rings (SSSR count). The standard InChI is InChI=1S/2C17H35NO5S.2Na/c2*1-3-5-6-7-8-9-10-11-12-13-14-18(15-17(19)20)16(4-2)24(21,22)23;;/h2*16H,3-15H2,1-2H3,(H,19,20)(H,21,22,23);;/q;;2*+1/p-2. The minimum absolute atomic E-state index is 0. The van der Waals surface area contributed by atoms with Crippen molar-refractivity contribution in [2.24, 2.45) is 0 Å². The van der Waals surface area contributed by atoms with Crippen LogP contribution < -0.4 is 59.1 Å². The van der Waals surface area contributed by atoms with Gasteiger partial charge in [-0.2, -0.15) is 0 Å². The Hall–Kier alpha value is 0.680. The van der Waals surface area contributed by atoms with E-state index in [-0.39, 0.29) is 72.0 Å². The molecule has 0 spiro atoms. The van der Waals surface area contributed by atoms with Gasteiger partial charge in [0.05, 0.1) is 13.1 Å². The molecule has 0 aromatic carbocycles. The van der Waals surface area contributed by atoms with Gasteiger partial charge in [-0.05, 0) is 38.8 Å². The largest absolute Gasteiger partial charge is 1.00 e. The van der Waals surface area contributed by atoms with Crippen molar-refractivity contribution in [2.45, 2.75) is 180 Å². The Morgan fingerprint density at radius 2 is 0.700 bits per heavy atom. The predicted octanol–water partition coefficient (Wildman–Crippen LogP) is 1.16. The molecule has 2 unspecified atom stereocenters. The van der Waals surface area contributed by atoms with Crippen LogP contribution in [-0.4, -0.2) is 94.8 Å². The Balaban J connectivity index is -0.000000407. The van der Waals surface area contributed by atoms with E-state index in [1.807, 2.05) is 0 Å². The zero-order valence-electron chi connectivity index (χ0n) is 32.4. The summed E-state index contributed by atoms with van der Waals surface area (Å²) in [5.41, 5.74) is 0. The quantitative estimate of drug-likeness (QED) is 0.0564. The molecule has 288 valence electrons. The van der Waals surface area contributed by atoms with Gasteiger partial charge in [-0.1, -0.05) is 143 Å². The molecule has 0 aliphatic carbocycles. The van der Waals surface area contributed by atoms with Gasteiger partial charge in [-0.15, -0.1) is 0 Å². The van der Waals surface area contributed by atoms with Crippen LogP contribution >= 0.6 is 0 Å². The summed E-state index contributed by atoms with van der Waals surface area (Å²) in [4.78, 5) is 24.4. The number of unbranched alkanes of at least 4 members (excludes halogenated alkanes) is 18. The molecule has 0 heterocycles. The molecule has 12 nitrogen and oxygen atoms in total. The van der Waals surface area contributed by atoms with Gasteiger partial charge in [-0.3, -0.25) is 19.4 Å². The Morgan fingerprint density at radius 1 is 0.480 bits per heavy atom. The molecule has 0 aromatic heterocycles. The van der Waals surface area contributed by atoms with Crippen LogP contribution in [0.15, 0.2) is 0 Å². The number of carboxylic acid groups (broad SMARTS) is 2. The molecule has 0 aliphatic rings. The van der Waals surface area contributed by atoms with Crippen LogP contribution in [0.3, 0.4) is 0 Å². The van der Waals surface area contributed by atoms with Crippen molar-refractivity contribution in [3.8, 4) is 0 Å². The molecule has 2 N–H and O–H groups in total. The summed E-state index contributed by atoms with van der Waals surface area (Å²) in [5, 5.41) is 15.3. The van der Waals surface area contributed by atoms with Gasteiger partial charge in [0.2, 0.25) is 0 Å². The second-order valence-corrected chi connectivity index (χ2v) is 15.9. The first kappa shape index (κ1) is 57.4. The van der Waals surface area contributed by atoms with Crippen molar-refractivity contribution < 1.29 is 105 Å². The van der Waals surface area contributed by atoms with E-state index in [0.717, 1.165) is 51.4 Å². The minimum Gasteiger partial charge on any atom is -0.747 e. The number of hydrogen-bond donors (Lipinski definition) is 2. The van der Waals surface area contributed by atoms with Gasteiger partial charge in [-0.25, -0.2) is 16.8 Å². The fraction of sp³-hybridized carbons (Fsp3) is 0.941. The van der Waals surface area contributed by atoms with E-state index in [1.165, 1.54) is 86.8 Å². The maximum absolute atomic E-state index is 11.3. The molecular formula is C34H68N2Na2O10S2. The van der Waals surface area contributed by atoms with E-state index in [4.69, 9.17) is 10.2 Å². The van der Waals surface area contributed by atoms with E-state index in [1.54, 1.807) is 13.8 Å². The third-order valence-corrected chi connectivity index (χ3v) is 11.0. The summed E-state index contributed by atoms with van der Waals surface area (Å²) in [7, 11) is -9.02. The molecular weight excluding hydrogens is 706 g/mol. The zero-order chi connectivity index (χ0) is 36.8.